The van der Waals surface area contributed by atoms with E-state index in [4.69, 9.17) is 9.79 Å². The van der Waals surface area contributed by atoms with E-state index in [2.05, 4.69) is 4.52 Å². The number of benzene rings is 1. The van der Waals surface area contributed by atoms with Crippen molar-refractivity contribution >= 4 is 20.2 Å². The number of rotatable bonds is 2. The molecule has 0 aliphatic heterocycles. The fraction of sp³-hybridized carbons (Fsp3) is 0.143. The second-order valence-electron chi connectivity index (χ2n) is 2.35. The van der Waals surface area contributed by atoms with Crippen molar-refractivity contribution in [3.63, 3.8) is 0 Å². The summed E-state index contributed by atoms with van der Waals surface area (Å²) < 4.78 is 14.8. The van der Waals surface area contributed by atoms with E-state index in [1.165, 1.54) is 6.07 Å². The normalized spacial score (nSPS) is 10.4. The highest BCUT2D eigenvalue weighted by Gasteiger charge is 2.16. The Hall–Kier alpha value is -0.540. The molecule has 1 rings (SSSR count). The van der Waals surface area contributed by atoms with Crippen LogP contribution >= 0.6 is 20.2 Å². The third-order valence-electron chi connectivity index (χ3n) is 1.31. The van der Waals surface area contributed by atoms with Crippen LogP contribution in [0.1, 0.15) is 5.56 Å². The molecule has 6 heteroatoms. The van der Waals surface area contributed by atoms with E-state index < -0.39 is 7.82 Å². The minimum Gasteiger partial charge on any atom is -0.404 e. The maximum absolute atomic E-state index is 10.4. The summed E-state index contributed by atoms with van der Waals surface area (Å²) >= 11 is 0. The van der Waals surface area contributed by atoms with Crippen LogP contribution in [0.2, 0.25) is 0 Å². The van der Waals surface area contributed by atoms with Gasteiger partial charge in [-0.2, -0.15) is 0 Å². The van der Waals surface area contributed by atoms with Gasteiger partial charge < -0.3 is 4.52 Å². The van der Waals surface area contributed by atoms with E-state index in [1.54, 1.807) is 25.1 Å². The van der Waals surface area contributed by atoms with Crippen LogP contribution in [0.15, 0.2) is 24.3 Å². The summed E-state index contributed by atoms with van der Waals surface area (Å²) in [6, 6.07) is 6.64. The van der Waals surface area contributed by atoms with E-state index >= 15 is 0 Å². The second-order valence-corrected chi connectivity index (χ2v) is 3.51. The quantitative estimate of drug-likeness (QED) is 0.753. The molecule has 0 spiro atoms. The zero-order chi connectivity index (χ0) is 9.19. The van der Waals surface area contributed by atoms with Crippen molar-refractivity contribution in [1.82, 2.24) is 0 Å². The lowest BCUT2D eigenvalue weighted by atomic mass is 10.2. The molecule has 74 valence electrons. The number of phosphoric ester groups is 1. The van der Waals surface area contributed by atoms with Crippen molar-refractivity contribution in [2.45, 2.75) is 6.92 Å². The van der Waals surface area contributed by atoms with E-state index in [0.717, 1.165) is 0 Å². The van der Waals surface area contributed by atoms with Crippen LogP contribution < -0.4 is 4.52 Å². The number of halogens is 1. The molecule has 0 aromatic heterocycles. The van der Waals surface area contributed by atoms with Gasteiger partial charge in [0, 0.05) is 0 Å². The summed E-state index contributed by atoms with van der Waals surface area (Å²) in [5.41, 5.74) is 0.695. The fourth-order valence-electron chi connectivity index (χ4n) is 0.787. The van der Waals surface area contributed by atoms with Gasteiger partial charge >= 0.3 is 7.82 Å². The number of hydrogen-bond donors (Lipinski definition) is 2. The maximum Gasteiger partial charge on any atom is 0.524 e. The van der Waals surface area contributed by atoms with Gasteiger partial charge in [0.05, 0.1) is 0 Å². The van der Waals surface area contributed by atoms with Crippen molar-refractivity contribution in [3.8, 4) is 5.75 Å². The van der Waals surface area contributed by atoms with Gasteiger partial charge in [-0.05, 0) is 18.6 Å². The van der Waals surface area contributed by atoms with Crippen LogP contribution in [0.4, 0.5) is 0 Å². The summed E-state index contributed by atoms with van der Waals surface area (Å²) in [7, 11) is -4.41. The van der Waals surface area contributed by atoms with Crippen molar-refractivity contribution in [2.75, 3.05) is 0 Å². The van der Waals surface area contributed by atoms with Gasteiger partial charge in [-0.25, -0.2) is 4.57 Å². The molecule has 0 saturated heterocycles. The number of aryl methyl sites for hydroxylation is 1. The lowest BCUT2D eigenvalue weighted by Crippen LogP contribution is -1.91. The molecular weight excluding hydrogens is 214 g/mol. The summed E-state index contributed by atoms with van der Waals surface area (Å²) in [5.74, 6) is 0.214. The minimum absolute atomic E-state index is 0. The standard InChI is InChI=1S/C7H9O4P.ClH/c1-6-4-2-3-5-7(6)11-12(8,9)10;/h2-5H,1H3,(H2,8,9,10);1H. The topological polar surface area (TPSA) is 66.8 Å². The Morgan fingerprint density at radius 1 is 1.31 bits per heavy atom. The zero-order valence-electron chi connectivity index (χ0n) is 6.88. The van der Waals surface area contributed by atoms with Gasteiger partial charge in [-0.15, -0.1) is 12.4 Å². The highest BCUT2D eigenvalue weighted by molar-refractivity contribution is 7.46. The Labute approximate surface area is 82.2 Å². The highest BCUT2D eigenvalue weighted by Crippen LogP contribution is 2.38. The molecule has 13 heavy (non-hydrogen) atoms. The SMILES string of the molecule is Cc1ccccc1OP(=O)(O)O.Cl. The van der Waals surface area contributed by atoms with Crippen molar-refractivity contribution in [1.29, 1.82) is 0 Å². The average molecular weight is 225 g/mol. The van der Waals surface area contributed by atoms with Crippen LogP contribution in [0.25, 0.3) is 0 Å². The Bertz CT molecular complexity index is 322. The molecule has 0 heterocycles. The Morgan fingerprint density at radius 3 is 2.31 bits per heavy atom. The van der Waals surface area contributed by atoms with E-state index in [0.29, 0.717) is 5.56 Å². The molecule has 0 aliphatic carbocycles. The van der Waals surface area contributed by atoms with Gasteiger partial charge in [0.1, 0.15) is 5.75 Å². The van der Waals surface area contributed by atoms with E-state index in [9.17, 15) is 4.57 Å². The molecule has 1 aromatic rings. The summed E-state index contributed by atoms with van der Waals surface area (Å²) in [5, 5.41) is 0. The third-order valence-corrected chi connectivity index (χ3v) is 1.75. The zero-order valence-corrected chi connectivity index (χ0v) is 8.59. The first-order valence-corrected chi connectivity index (χ1v) is 4.83. The van der Waals surface area contributed by atoms with Crippen LogP contribution in [0, 0.1) is 6.92 Å². The van der Waals surface area contributed by atoms with Crippen LogP contribution in [-0.2, 0) is 4.57 Å². The summed E-state index contributed by atoms with van der Waals surface area (Å²) in [6.45, 7) is 1.71. The molecule has 1 aromatic carbocycles. The first kappa shape index (κ1) is 12.5. The van der Waals surface area contributed by atoms with Gasteiger partial charge in [-0.1, -0.05) is 18.2 Å². The molecule has 0 aliphatic rings. The fourth-order valence-corrected chi connectivity index (χ4v) is 1.25. The van der Waals surface area contributed by atoms with Gasteiger partial charge in [0.15, 0.2) is 0 Å². The highest BCUT2D eigenvalue weighted by atomic mass is 35.5. The van der Waals surface area contributed by atoms with E-state index in [1.807, 2.05) is 0 Å². The largest absolute Gasteiger partial charge is 0.524 e. The lowest BCUT2D eigenvalue weighted by Gasteiger charge is -2.08. The first-order valence-electron chi connectivity index (χ1n) is 3.30. The molecular formula is C7H10ClO4P. The van der Waals surface area contributed by atoms with E-state index in [-0.39, 0.29) is 18.2 Å². The predicted octanol–water partition coefficient (Wildman–Crippen LogP) is 1.89. The molecule has 4 nitrogen and oxygen atoms in total. The minimum atomic E-state index is -4.41. The number of para-hydroxylation sites is 1. The van der Waals surface area contributed by atoms with Crippen molar-refractivity contribution in [2.24, 2.45) is 0 Å². The molecule has 0 bridgehead atoms. The van der Waals surface area contributed by atoms with Gasteiger partial charge in [0.25, 0.3) is 0 Å². The Morgan fingerprint density at radius 2 is 1.85 bits per heavy atom. The average Bonchev–Trinajstić information content (AvgIpc) is 1.91. The summed E-state index contributed by atoms with van der Waals surface area (Å²) in [4.78, 5) is 17.0. The van der Waals surface area contributed by atoms with Crippen molar-refractivity contribution < 1.29 is 18.9 Å². The molecule has 0 atom stereocenters. The van der Waals surface area contributed by atoms with Crippen LogP contribution in [0.5, 0.6) is 5.75 Å². The maximum atomic E-state index is 10.4. The predicted molar refractivity (Wildman–Crippen MR) is 51.1 cm³/mol. The lowest BCUT2D eigenvalue weighted by molar-refractivity contribution is 0.282. The molecule has 0 radical (unpaired) electrons. The third kappa shape index (κ3) is 4.29. The second kappa shape index (κ2) is 4.63. The van der Waals surface area contributed by atoms with Crippen molar-refractivity contribution in [3.05, 3.63) is 29.8 Å². The molecule has 0 amide bonds. The monoisotopic (exact) mass is 224 g/mol. The van der Waals surface area contributed by atoms with Crippen LogP contribution in [-0.4, -0.2) is 9.79 Å². The summed E-state index contributed by atoms with van der Waals surface area (Å²) in [6.07, 6.45) is 0. The Balaban J connectivity index is 0.00000144. The van der Waals surface area contributed by atoms with Crippen LogP contribution in [0.3, 0.4) is 0 Å². The molecule has 0 unspecified atom stereocenters. The van der Waals surface area contributed by atoms with Gasteiger partial charge in [-0.3, -0.25) is 9.79 Å². The molecule has 0 saturated carbocycles. The first-order chi connectivity index (χ1) is 5.49. The number of phosphoric acid groups is 1. The molecule has 0 fully saturated rings. The number of hydrogen-bond acceptors (Lipinski definition) is 2. The molecule has 2 N–H and O–H groups in total. The Kier molecular flexibility index (Phi) is 4.44. The van der Waals surface area contributed by atoms with Gasteiger partial charge in [0.2, 0.25) is 0 Å². The smallest absolute Gasteiger partial charge is 0.404 e.